The first-order valence-corrected chi connectivity index (χ1v) is 5.76. The molecule has 0 radical (unpaired) electrons. The van der Waals surface area contributed by atoms with E-state index in [-0.39, 0.29) is 6.42 Å². The molecule has 1 aromatic carbocycles. The number of hydrogen-bond donors (Lipinski definition) is 2. The Morgan fingerprint density at radius 2 is 1.81 bits per heavy atom. The molecule has 0 saturated carbocycles. The molecule has 0 spiro atoms. The fourth-order valence-electron chi connectivity index (χ4n) is 1.37. The molecule has 3 N–H and O–H groups in total. The fraction of sp³-hybridized carbons (Fsp3) is 0.400. The van der Waals surface area contributed by atoms with Gasteiger partial charge in [-0.1, -0.05) is 12.1 Å². The van der Waals surface area contributed by atoms with Crippen LogP contribution in [0.3, 0.4) is 0 Å². The summed E-state index contributed by atoms with van der Waals surface area (Å²) in [7, 11) is 0. The summed E-state index contributed by atoms with van der Waals surface area (Å²) < 4.78 is 37.5. The molecule has 90 valence electrons. The number of nitrogens with two attached hydrogens (primary N) is 1. The molecular weight excluding hydrogens is 332 g/mol. The van der Waals surface area contributed by atoms with Crippen LogP contribution >= 0.6 is 22.6 Å². The summed E-state index contributed by atoms with van der Waals surface area (Å²) in [5.41, 5.74) is 3.04. The van der Waals surface area contributed by atoms with Crippen molar-refractivity contribution in [3.8, 4) is 0 Å². The molecule has 0 fully saturated rings. The van der Waals surface area contributed by atoms with Crippen molar-refractivity contribution in [1.82, 2.24) is 5.43 Å². The second-order valence-electron chi connectivity index (χ2n) is 3.51. The SMILES string of the molecule is NNC(Cc1ccc(I)cc1)CC(F)(F)F. The van der Waals surface area contributed by atoms with Crippen LogP contribution in [-0.2, 0) is 6.42 Å². The zero-order chi connectivity index (χ0) is 12.2. The Balaban J connectivity index is 2.60. The average molecular weight is 344 g/mol. The molecular formula is C10H12F3IN2. The van der Waals surface area contributed by atoms with Crippen LogP contribution < -0.4 is 11.3 Å². The van der Waals surface area contributed by atoms with Crippen molar-refractivity contribution >= 4 is 22.6 Å². The Hall–Kier alpha value is -0.340. The third-order valence-corrected chi connectivity index (χ3v) is 2.83. The van der Waals surface area contributed by atoms with E-state index < -0.39 is 18.6 Å². The lowest BCUT2D eigenvalue weighted by atomic mass is 10.0. The van der Waals surface area contributed by atoms with E-state index in [0.717, 1.165) is 9.13 Å². The monoisotopic (exact) mass is 344 g/mol. The van der Waals surface area contributed by atoms with Crippen molar-refractivity contribution in [2.24, 2.45) is 5.84 Å². The van der Waals surface area contributed by atoms with Crippen molar-refractivity contribution < 1.29 is 13.2 Å². The summed E-state index contributed by atoms with van der Waals surface area (Å²) in [5.74, 6) is 5.11. The van der Waals surface area contributed by atoms with E-state index in [4.69, 9.17) is 5.84 Å². The third kappa shape index (κ3) is 5.13. The molecule has 0 aliphatic carbocycles. The predicted molar refractivity (Wildman–Crippen MR) is 64.6 cm³/mol. The van der Waals surface area contributed by atoms with Gasteiger partial charge < -0.3 is 0 Å². The van der Waals surface area contributed by atoms with Gasteiger partial charge in [0.05, 0.1) is 6.42 Å². The van der Waals surface area contributed by atoms with E-state index >= 15 is 0 Å². The van der Waals surface area contributed by atoms with Gasteiger partial charge in [-0.25, -0.2) is 0 Å². The smallest absolute Gasteiger partial charge is 0.271 e. The second kappa shape index (κ2) is 5.83. The van der Waals surface area contributed by atoms with E-state index in [0.29, 0.717) is 0 Å². The maximum Gasteiger partial charge on any atom is 0.390 e. The molecule has 0 aliphatic rings. The quantitative estimate of drug-likeness (QED) is 0.501. The fourth-order valence-corrected chi connectivity index (χ4v) is 1.73. The highest BCUT2D eigenvalue weighted by molar-refractivity contribution is 14.1. The second-order valence-corrected chi connectivity index (χ2v) is 4.76. The zero-order valence-electron chi connectivity index (χ0n) is 8.39. The van der Waals surface area contributed by atoms with Gasteiger partial charge in [0.15, 0.2) is 0 Å². The van der Waals surface area contributed by atoms with Gasteiger partial charge in [0, 0.05) is 9.61 Å². The van der Waals surface area contributed by atoms with Gasteiger partial charge in [0.2, 0.25) is 0 Å². The molecule has 0 aromatic heterocycles. The highest BCUT2D eigenvalue weighted by atomic mass is 127. The van der Waals surface area contributed by atoms with Crippen molar-refractivity contribution in [1.29, 1.82) is 0 Å². The summed E-state index contributed by atoms with van der Waals surface area (Å²) in [5, 5.41) is 0. The standard InChI is InChI=1S/C10H12F3IN2/c11-10(12,13)6-9(16-15)5-7-1-3-8(14)4-2-7/h1-4,9,16H,5-6,15H2. The minimum absolute atomic E-state index is 0.271. The topological polar surface area (TPSA) is 38.0 Å². The normalized spacial score (nSPS) is 13.8. The molecule has 0 saturated heterocycles. The maximum absolute atomic E-state index is 12.2. The summed E-state index contributed by atoms with van der Waals surface area (Å²) >= 11 is 2.14. The van der Waals surface area contributed by atoms with E-state index in [1.165, 1.54) is 0 Å². The van der Waals surface area contributed by atoms with Crippen molar-refractivity contribution in [3.63, 3.8) is 0 Å². The van der Waals surface area contributed by atoms with Gasteiger partial charge in [-0.3, -0.25) is 11.3 Å². The van der Waals surface area contributed by atoms with Gasteiger partial charge in [-0.2, -0.15) is 13.2 Å². The molecule has 16 heavy (non-hydrogen) atoms. The lowest BCUT2D eigenvalue weighted by Gasteiger charge is -2.17. The molecule has 0 bridgehead atoms. The summed E-state index contributed by atoms with van der Waals surface area (Å²) in [6, 6.07) is 6.55. The minimum atomic E-state index is -4.19. The number of alkyl halides is 3. The molecule has 0 heterocycles. The van der Waals surface area contributed by atoms with Gasteiger partial charge in [0.25, 0.3) is 0 Å². The van der Waals surface area contributed by atoms with Crippen LogP contribution in [0.25, 0.3) is 0 Å². The molecule has 1 atom stereocenters. The van der Waals surface area contributed by atoms with Gasteiger partial charge in [-0.15, -0.1) is 0 Å². The Kier molecular flexibility index (Phi) is 5.00. The van der Waals surface area contributed by atoms with Crippen LogP contribution in [0.1, 0.15) is 12.0 Å². The first-order valence-electron chi connectivity index (χ1n) is 4.68. The van der Waals surface area contributed by atoms with Crippen molar-refractivity contribution in [2.75, 3.05) is 0 Å². The first-order chi connectivity index (χ1) is 7.40. The summed E-state index contributed by atoms with van der Waals surface area (Å²) in [6.07, 6.45) is -4.84. The number of halogens is 4. The highest BCUT2D eigenvalue weighted by Crippen LogP contribution is 2.23. The van der Waals surface area contributed by atoms with Crippen LogP contribution in [0, 0.1) is 3.57 Å². The van der Waals surface area contributed by atoms with E-state index in [1.807, 2.05) is 24.3 Å². The van der Waals surface area contributed by atoms with Crippen LogP contribution in [0.2, 0.25) is 0 Å². The van der Waals surface area contributed by atoms with Gasteiger partial charge in [-0.05, 0) is 46.7 Å². The van der Waals surface area contributed by atoms with Gasteiger partial charge in [0.1, 0.15) is 0 Å². The zero-order valence-corrected chi connectivity index (χ0v) is 10.5. The average Bonchev–Trinajstić information content (AvgIpc) is 2.18. The molecule has 0 aliphatic heterocycles. The first kappa shape index (κ1) is 13.7. The molecule has 0 amide bonds. The van der Waals surface area contributed by atoms with E-state index in [2.05, 4.69) is 28.0 Å². The minimum Gasteiger partial charge on any atom is -0.271 e. The molecule has 1 aromatic rings. The number of nitrogens with one attached hydrogen (secondary N) is 1. The maximum atomic E-state index is 12.2. The Labute approximate surface area is 106 Å². The van der Waals surface area contributed by atoms with Crippen LogP contribution in [0.4, 0.5) is 13.2 Å². The Morgan fingerprint density at radius 3 is 2.25 bits per heavy atom. The number of benzene rings is 1. The van der Waals surface area contributed by atoms with Crippen LogP contribution in [0.5, 0.6) is 0 Å². The van der Waals surface area contributed by atoms with Crippen molar-refractivity contribution in [3.05, 3.63) is 33.4 Å². The molecule has 6 heteroatoms. The Bertz CT molecular complexity index is 324. The third-order valence-electron chi connectivity index (χ3n) is 2.11. The number of hydrogen-bond acceptors (Lipinski definition) is 2. The Morgan fingerprint density at radius 1 is 1.25 bits per heavy atom. The summed E-state index contributed by atoms with van der Waals surface area (Å²) in [6.45, 7) is 0. The van der Waals surface area contributed by atoms with Crippen LogP contribution in [-0.4, -0.2) is 12.2 Å². The number of hydrazine groups is 1. The number of rotatable bonds is 4. The molecule has 2 nitrogen and oxygen atoms in total. The lowest BCUT2D eigenvalue weighted by Crippen LogP contribution is -2.40. The van der Waals surface area contributed by atoms with E-state index in [1.54, 1.807) is 0 Å². The van der Waals surface area contributed by atoms with Gasteiger partial charge >= 0.3 is 6.18 Å². The highest BCUT2D eigenvalue weighted by Gasteiger charge is 2.31. The van der Waals surface area contributed by atoms with Crippen LogP contribution in [0.15, 0.2) is 24.3 Å². The van der Waals surface area contributed by atoms with E-state index in [9.17, 15) is 13.2 Å². The summed E-state index contributed by atoms with van der Waals surface area (Å²) in [4.78, 5) is 0. The molecule has 1 unspecified atom stereocenters. The lowest BCUT2D eigenvalue weighted by molar-refractivity contribution is -0.140. The largest absolute Gasteiger partial charge is 0.390 e. The molecule has 1 rings (SSSR count). The predicted octanol–water partition coefficient (Wildman–Crippen LogP) is 2.62. The van der Waals surface area contributed by atoms with Crippen molar-refractivity contribution in [2.45, 2.75) is 25.1 Å².